The Morgan fingerprint density at radius 1 is 1.24 bits per heavy atom. The van der Waals surface area contributed by atoms with Crippen LogP contribution in [-0.4, -0.2) is 66.4 Å². The first-order valence-corrected chi connectivity index (χ1v) is 12.6. The van der Waals surface area contributed by atoms with Crippen molar-refractivity contribution in [2.75, 3.05) is 34.4 Å². The Morgan fingerprint density at radius 3 is 2.50 bits per heavy atom. The molecule has 184 valence electrons. The van der Waals surface area contributed by atoms with Crippen molar-refractivity contribution in [1.82, 2.24) is 14.9 Å². The fourth-order valence-electron chi connectivity index (χ4n) is 4.07. The molecular formula is C25H31Cl2N3O3S. The molecule has 0 saturated carbocycles. The Kier molecular flexibility index (Phi) is 9.18. The second kappa shape index (κ2) is 11.7. The van der Waals surface area contributed by atoms with E-state index in [0.717, 1.165) is 21.2 Å². The van der Waals surface area contributed by atoms with Crippen LogP contribution in [0, 0.1) is 5.92 Å². The predicted octanol–water partition coefficient (Wildman–Crippen LogP) is 5.31. The number of aliphatic hydroxyl groups excluding tert-OH is 1. The lowest BCUT2D eigenvalue weighted by Crippen LogP contribution is -2.42. The van der Waals surface area contributed by atoms with Gasteiger partial charge in [0.2, 0.25) is 0 Å². The Hall–Kier alpha value is -1.90. The monoisotopic (exact) mass is 523 g/mol. The van der Waals surface area contributed by atoms with Gasteiger partial charge in [-0.3, -0.25) is 9.63 Å². The van der Waals surface area contributed by atoms with Gasteiger partial charge in [0, 0.05) is 46.9 Å². The van der Waals surface area contributed by atoms with E-state index in [4.69, 9.17) is 28.0 Å². The lowest BCUT2D eigenvalue weighted by molar-refractivity contribution is -0.163. The fourth-order valence-corrected chi connectivity index (χ4v) is 6.11. The van der Waals surface area contributed by atoms with Crippen LogP contribution in [0.1, 0.15) is 20.3 Å². The van der Waals surface area contributed by atoms with E-state index < -0.39 is 0 Å². The first-order chi connectivity index (χ1) is 16.2. The van der Waals surface area contributed by atoms with Crippen molar-refractivity contribution in [2.45, 2.75) is 31.3 Å². The number of halogens is 2. The van der Waals surface area contributed by atoms with E-state index in [9.17, 15) is 9.90 Å². The normalized spacial score (nSPS) is 18.4. The lowest BCUT2D eigenvalue weighted by Gasteiger charge is -2.32. The molecule has 0 radical (unpaired) electrons. The highest BCUT2D eigenvalue weighted by molar-refractivity contribution is 8.03. The molecule has 1 aromatic carbocycles. The highest BCUT2D eigenvalue weighted by Crippen LogP contribution is 2.43. The molecule has 0 aromatic heterocycles. The second-order valence-electron chi connectivity index (χ2n) is 8.45. The van der Waals surface area contributed by atoms with Crippen molar-refractivity contribution in [1.29, 1.82) is 0 Å². The van der Waals surface area contributed by atoms with Crippen molar-refractivity contribution in [3.63, 3.8) is 0 Å². The van der Waals surface area contributed by atoms with E-state index in [1.54, 1.807) is 24.9 Å². The van der Waals surface area contributed by atoms with Crippen LogP contribution in [0.5, 0.6) is 0 Å². The summed E-state index contributed by atoms with van der Waals surface area (Å²) in [6, 6.07) is 5.51. The summed E-state index contributed by atoms with van der Waals surface area (Å²) in [5, 5.41) is 13.7. The summed E-state index contributed by atoms with van der Waals surface area (Å²) in [5.74, 6) is 0.0499. The molecule has 1 N–H and O–H groups in total. The number of hydroxylamine groups is 2. The maximum absolute atomic E-state index is 12.5. The maximum atomic E-state index is 12.5. The lowest BCUT2D eigenvalue weighted by atomic mass is 10.1. The third-order valence-corrected chi connectivity index (χ3v) is 7.33. The van der Waals surface area contributed by atoms with Gasteiger partial charge in [0.05, 0.1) is 18.7 Å². The van der Waals surface area contributed by atoms with Gasteiger partial charge >= 0.3 is 0 Å². The minimum Gasteiger partial charge on any atom is -0.392 e. The van der Waals surface area contributed by atoms with Crippen LogP contribution in [0.2, 0.25) is 10.0 Å². The van der Waals surface area contributed by atoms with E-state index in [-0.39, 0.29) is 24.6 Å². The number of benzene rings is 1. The van der Waals surface area contributed by atoms with Crippen molar-refractivity contribution < 1.29 is 14.7 Å². The van der Waals surface area contributed by atoms with Crippen molar-refractivity contribution >= 4 is 40.9 Å². The maximum Gasteiger partial charge on any atom is 0.276 e. The Labute approximate surface area is 216 Å². The summed E-state index contributed by atoms with van der Waals surface area (Å²) in [5.41, 5.74) is 2.78. The smallest absolute Gasteiger partial charge is 0.276 e. The summed E-state index contributed by atoms with van der Waals surface area (Å²) < 4.78 is 0. The van der Waals surface area contributed by atoms with Crippen LogP contribution >= 0.6 is 35.0 Å². The number of hydrogen-bond donors (Lipinski definition) is 1. The third kappa shape index (κ3) is 6.01. The van der Waals surface area contributed by atoms with E-state index in [0.29, 0.717) is 28.6 Å². The topological polar surface area (TPSA) is 56.2 Å². The molecule has 0 spiro atoms. The molecule has 3 rings (SSSR count). The average molecular weight is 525 g/mol. The van der Waals surface area contributed by atoms with Gasteiger partial charge in [-0.15, -0.1) is 0 Å². The van der Waals surface area contributed by atoms with Gasteiger partial charge in [0.1, 0.15) is 6.17 Å². The van der Waals surface area contributed by atoms with Gasteiger partial charge in [-0.2, -0.15) is 0 Å². The van der Waals surface area contributed by atoms with E-state index in [2.05, 4.69) is 29.7 Å². The summed E-state index contributed by atoms with van der Waals surface area (Å²) in [4.78, 5) is 22.8. The number of thioether (sulfide) groups is 1. The molecule has 1 unspecified atom stereocenters. The molecule has 0 fully saturated rings. The number of hydrogen-bond acceptors (Lipinski definition) is 6. The molecule has 6 nitrogen and oxygen atoms in total. The Morgan fingerprint density at radius 2 is 1.91 bits per heavy atom. The van der Waals surface area contributed by atoms with Crippen molar-refractivity contribution in [3.05, 3.63) is 74.4 Å². The zero-order chi connectivity index (χ0) is 25.0. The second-order valence-corrected chi connectivity index (χ2v) is 10.4. The van der Waals surface area contributed by atoms with Gasteiger partial charge in [0.25, 0.3) is 5.91 Å². The number of likely N-dealkylation sites (N-methyl/N-ethyl adjacent to an activating group) is 2. The van der Waals surface area contributed by atoms with Gasteiger partial charge in [0.15, 0.2) is 0 Å². The van der Waals surface area contributed by atoms with Crippen molar-refractivity contribution in [2.24, 2.45) is 5.92 Å². The SMILES string of the molecule is CON(C)C(=O)C1=CCC=C(CN2C(Sc3cc(Cl)cc(Cl)c3)=C(C(C)C)N(C)C2CO)C=C1. The van der Waals surface area contributed by atoms with Gasteiger partial charge in [-0.05, 0) is 42.2 Å². The van der Waals surface area contributed by atoms with Crippen LogP contribution in [0.25, 0.3) is 0 Å². The van der Waals surface area contributed by atoms with Crippen LogP contribution < -0.4 is 0 Å². The number of rotatable bonds is 8. The summed E-state index contributed by atoms with van der Waals surface area (Å²) >= 11 is 14.1. The molecule has 2 aliphatic rings. The van der Waals surface area contributed by atoms with Gasteiger partial charge in [-0.25, -0.2) is 5.06 Å². The van der Waals surface area contributed by atoms with Crippen LogP contribution in [-0.2, 0) is 9.63 Å². The largest absolute Gasteiger partial charge is 0.392 e. The first kappa shape index (κ1) is 26.7. The number of carbonyl (C=O) groups excluding carboxylic acids is 1. The van der Waals surface area contributed by atoms with Crippen LogP contribution in [0.4, 0.5) is 0 Å². The predicted molar refractivity (Wildman–Crippen MR) is 139 cm³/mol. The minimum absolute atomic E-state index is 0.0231. The van der Waals surface area contributed by atoms with Crippen LogP contribution in [0.15, 0.2) is 69.3 Å². The molecule has 1 atom stereocenters. The van der Waals surface area contributed by atoms with E-state index in [1.807, 2.05) is 37.4 Å². The fraction of sp³-hybridized carbons (Fsp3) is 0.400. The van der Waals surface area contributed by atoms with Crippen LogP contribution in [0.3, 0.4) is 0 Å². The number of aliphatic hydroxyl groups is 1. The number of amides is 1. The molecule has 1 heterocycles. The molecule has 0 bridgehead atoms. The van der Waals surface area contributed by atoms with Gasteiger partial charge in [-0.1, -0.05) is 67.0 Å². The van der Waals surface area contributed by atoms with E-state index in [1.165, 1.54) is 12.2 Å². The highest BCUT2D eigenvalue weighted by Gasteiger charge is 2.37. The minimum atomic E-state index is -0.208. The zero-order valence-corrected chi connectivity index (χ0v) is 22.4. The Balaban J connectivity index is 1.91. The molecule has 0 saturated heterocycles. The number of nitrogens with zero attached hydrogens (tertiary/aromatic N) is 3. The molecule has 9 heteroatoms. The summed E-state index contributed by atoms with van der Waals surface area (Å²) in [6.45, 7) is 4.85. The molecule has 34 heavy (non-hydrogen) atoms. The average Bonchev–Trinajstić information content (AvgIpc) is 2.91. The standard InChI is InChI=1S/C25H31Cl2N3O3S/c1-16(2)23-25(34-21-12-19(26)11-20(27)13-21)30(22(15-31)28(23)3)14-17-7-6-8-18(10-9-17)24(32)29(4)33-5/h7-13,16,22,31H,6,14-15H2,1-5H3. The quantitative estimate of drug-likeness (QED) is 0.466. The summed E-state index contributed by atoms with van der Waals surface area (Å²) in [7, 11) is 5.07. The molecular weight excluding hydrogens is 493 g/mol. The van der Waals surface area contributed by atoms with Crippen molar-refractivity contribution in [3.8, 4) is 0 Å². The molecule has 1 aliphatic heterocycles. The molecule has 1 aromatic rings. The Bertz CT molecular complexity index is 1030. The van der Waals surface area contributed by atoms with E-state index >= 15 is 0 Å². The van der Waals surface area contributed by atoms with Gasteiger partial charge < -0.3 is 14.9 Å². The zero-order valence-electron chi connectivity index (χ0n) is 20.1. The highest BCUT2D eigenvalue weighted by atomic mass is 35.5. The summed E-state index contributed by atoms with van der Waals surface area (Å²) in [6.07, 6.45) is 8.19. The molecule has 1 aliphatic carbocycles. The number of allylic oxidation sites excluding steroid dienone is 3. The number of carbonyl (C=O) groups is 1. The third-order valence-electron chi connectivity index (χ3n) is 5.78. The molecule has 1 amide bonds. The first-order valence-electron chi connectivity index (χ1n) is 11.0.